The molecule has 0 saturated heterocycles. The van der Waals surface area contributed by atoms with E-state index in [1.165, 1.54) is 23.1 Å². The van der Waals surface area contributed by atoms with Gasteiger partial charge in [0.05, 0.1) is 5.25 Å². The maximum Gasteiger partial charge on any atom is 0.272 e. The number of aryl methyl sites for hydroxylation is 2. The van der Waals surface area contributed by atoms with Crippen LogP contribution in [-0.4, -0.2) is 23.0 Å². The van der Waals surface area contributed by atoms with Crippen LogP contribution in [0.3, 0.4) is 0 Å². The number of hydrogen-bond donors (Lipinski definition) is 3. The zero-order valence-electron chi connectivity index (χ0n) is 22.6. The Labute approximate surface area is 242 Å². The molecule has 8 heteroatoms. The third-order valence-electron chi connectivity index (χ3n) is 6.06. The van der Waals surface area contributed by atoms with E-state index in [2.05, 4.69) is 16.0 Å². The highest BCUT2D eigenvalue weighted by molar-refractivity contribution is 8.00. The molecule has 3 aromatic carbocycles. The van der Waals surface area contributed by atoms with Gasteiger partial charge in [0.15, 0.2) is 0 Å². The number of benzene rings is 3. The van der Waals surface area contributed by atoms with Gasteiger partial charge in [0.2, 0.25) is 5.91 Å². The highest BCUT2D eigenvalue weighted by atomic mass is 32.2. The van der Waals surface area contributed by atoms with Crippen LogP contribution in [0.2, 0.25) is 0 Å². The number of anilines is 2. The molecule has 3 amide bonds. The molecular weight excluding hydrogens is 539 g/mol. The minimum Gasteiger partial charge on any atom is -0.325 e. The van der Waals surface area contributed by atoms with E-state index in [-0.39, 0.29) is 22.8 Å². The quantitative estimate of drug-likeness (QED) is 0.138. The number of thioether (sulfide) groups is 1. The lowest BCUT2D eigenvalue weighted by atomic mass is 10.1. The molecule has 4 rings (SSSR count). The summed E-state index contributed by atoms with van der Waals surface area (Å²) < 4.78 is 0. The van der Waals surface area contributed by atoms with Crippen molar-refractivity contribution in [3.8, 4) is 0 Å². The minimum absolute atomic E-state index is 0.0708. The smallest absolute Gasteiger partial charge is 0.272 e. The monoisotopic (exact) mass is 569 g/mol. The lowest BCUT2D eigenvalue weighted by molar-refractivity contribution is -0.116. The average Bonchev–Trinajstić information content (AvgIpc) is 3.46. The molecule has 3 N–H and O–H groups in total. The van der Waals surface area contributed by atoms with Crippen molar-refractivity contribution in [2.24, 2.45) is 0 Å². The lowest BCUT2D eigenvalue weighted by Gasteiger charge is -2.17. The van der Waals surface area contributed by atoms with Crippen LogP contribution in [0.1, 0.15) is 40.4 Å². The van der Waals surface area contributed by atoms with E-state index in [0.717, 1.165) is 27.3 Å². The Morgan fingerprint density at radius 1 is 0.925 bits per heavy atom. The number of rotatable bonds is 10. The first kappa shape index (κ1) is 28.9. The van der Waals surface area contributed by atoms with Crippen LogP contribution in [0, 0.1) is 13.8 Å². The zero-order chi connectivity index (χ0) is 28.5. The third-order valence-corrected chi connectivity index (χ3v) is 8.12. The first-order valence-corrected chi connectivity index (χ1v) is 14.7. The van der Waals surface area contributed by atoms with Crippen LogP contribution >= 0.6 is 23.1 Å². The molecule has 0 radical (unpaired) electrons. The van der Waals surface area contributed by atoms with Crippen molar-refractivity contribution in [3.63, 3.8) is 0 Å². The second-order valence-corrected chi connectivity index (χ2v) is 11.3. The Kier molecular flexibility index (Phi) is 9.94. The van der Waals surface area contributed by atoms with Crippen LogP contribution < -0.4 is 16.0 Å². The predicted octanol–water partition coefficient (Wildman–Crippen LogP) is 7.28. The van der Waals surface area contributed by atoms with Crippen LogP contribution in [0.5, 0.6) is 0 Å². The van der Waals surface area contributed by atoms with E-state index >= 15 is 0 Å². The topological polar surface area (TPSA) is 87.3 Å². The molecule has 0 fully saturated rings. The van der Waals surface area contributed by atoms with Crippen molar-refractivity contribution in [1.82, 2.24) is 5.32 Å². The van der Waals surface area contributed by atoms with Crippen molar-refractivity contribution < 1.29 is 14.4 Å². The Bertz CT molecular complexity index is 1520. The first-order chi connectivity index (χ1) is 19.3. The minimum atomic E-state index is -0.447. The van der Waals surface area contributed by atoms with Gasteiger partial charge in [-0.05, 0) is 90.7 Å². The molecule has 40 heavy (non-hydrogen) atoms. The van der Waals surface area contributed by atoms with Crippen molar-refractivity contribution in [2.75, 3.05) is 10.6 Å². The van der Waals surface area contributed by atoms with E-state index in [1.54, 1.807) is 36.4 Å². The van der Waals surface area contributed by atoms with Crippen LogP contribution in [0.15, 0.2) is 100 Å². The predicted molar refractivity (Wildman–Crippen MR) is 166 cm³/mol. The van der Waals surface area contributed by atoms with Gasteiger partial charge >= 0.3 is 0 Å². The Hall–Kier alpha value is -4.14. The van der Waals surface area contributed by atoms with Gasteiger partial charge in [0.1, 0.15) is 5.70 Å². The van der Waals surface area contributed by atoms with Gasteiger partial charge in [-0.3, -0.25) is 14.4 Å². The summed E-state index contributed by atoms with van der Waals surface area (Å²) in [5.74, 6) is -0.891. The number of nitrogens with one attached hydrogen (secondary N) is 3. The summed E-state index contributed by atoms with van der Waals surface area (Å²) >= 11 is 2.94. The molecule has 6 nitrogen and oxygen atoms in total. The fourth-order valence-corrected chi connectivity index (χ4v) is 5.60. The van der Waals surface area contributed by atoms with Gasteiger partial charge < -0.3 is 16.0 Å². The van der Waals surface area contributed by atoms with Gasteiger partial charge in [-0.15, -0.1) is 11.8 Å². The third kappa shape index (κ3) is 7.94. The number of carbonyl (C=O) groups is 3. The summed E-state index contributed by atoms with van der Waals surface area (Å²) in [4.78, 5) is 40.0. The molecule has 1 unspecified atom stereocenters. The molecule has 4 aromatic rings. The fourth-order valence-electron chi connectivity index (χ4n) is 3.97. The maximum atomic E-state index is 13.3. The summed E-state index contributed by atoms with van der Waals surface area (Å²) in [6.45, 7) is 5.97. The maximum absolute atomic E-state index is 13.3. The van der Waals surface area contributed by atoms with Crippen molar-refractivity contribution in [1.29, 1.82) is 0 Å². The highest BCUT2D eigenvalue weighted by Gasteiger charge is 2.20. The lowest BCUT2D eigenvalue weighted by Crippen LogP contribution is -2.30. The Balaban J connectivity index is 1.47. The molecule has 1 heterocycles. The van der Waals surface area contributed by atoms with E-state index in [4.69, 9.17) is 0 Å². The SMILES string of the molecule is CCC(Sc1cccc(NC(=O)/C(=C/c2ccsc2)NC(=O)c2ccccc2)c1)C(=O)Nc1ccc(C)cc1C. The summed E-state index contributed by atoms with van der Waals surface area (Å²) in [5.41, 5.74) is 4.92. The van der Waals surface area contributed by atoms with Gasteiger partial charge in [-0.1, -0.05) is 48.9 Å². The largest absolute Gasteiger partial charge is 0.325 e. The second-order valence-electron chi connectivity index (χ2n) is 9.24. The summed E-state index contributed by atoms with van der Waals surface area (Å²) in [6, 6.07) is 23.9. The molecule has 0 bridgehead atoms. The van der Waals surface area contributed by atoms with E-state index in [1.807, 2.05) is 80.1 Å². The first-order valence-electron chi connectivity index (χ1n) is 12.9. The van der Waals surface area contributed by atoms with Crippen molar-refractivity contribution >= 4 is 58.3 Å². The van der Waals surface area contributed by atoms with Crippen LogP contribution in [0.4, 0.5) is 11.4 Å². The normalized spacial score (nSPS) is 11.9. The van der Waals surface area contributed by atoms with Crippen LogP contribution in [-0.2, 0) is 9.59 Å². The van der Waals surface area contributed by atoms with Gasteiger partial charge in [-0.2, -0.15) is 11.3 Å². The van der Waals surface area contributed by atoms with Gasteiger partial charge in [-0.25, -0.2) is 0 Å². The highest BCUT2D eigenvalue weighted by Crippen LogP contribution is 2.29. The van der Waals surface area contributed by atoms with Gasteiger partial charge in [0, 0.05) is 21.8 Å². The molecule has 0 spiro atoms. The van der Waals surface area contributed by atoms with Crippen LogP contribution in [0.25, 0.3) is 6.08 Å². The second kappa shape index (κ2) is 13.8. The number of hydrogen-bond acceptors (Lipinski definition) is 5. The fraction of sp³-hybridized carbons (Fsp3) is 0.156. The molecule has 0 aliphatic rings. The van der Waals surface area contributed by atoms with Crippen molar-refractivity contribution in [3.05, 3.63) is 118 Å². The summed E-state index contributed by atoms with van der Waals surface area (Å²) in [5, 5.41) is 12.2. The molecule has 0 aliphatic heterocycles. The van der Waals surface area contributed by atoms with Gasteiger partial charge in [0.25, 0.3) is 11.8 Å². The Morgan fingerprint density at radius 3 is 2.42 bits per heavy atom. The number of amides is 3. The molecule has 1 atom stereocenters. The van der Waals surface area contributed by atoms with E-state index < -0.39 is 5.91 Å². The molecular formula is C32H31N3O3S2. The molecule has 1 aromatic heterocycles. The molecule has 0 aliphatic carbocycles. The molecule has 204 valence electrons. The van der Waals surface area contributed by atoms with Crippen molar-refractivity contribution in [2.45, 2.75) is 37.3 Å². The average molecular weight is 570 g/mol. The standard InChI is InChI=1S/C32H31N3O3S2/c1-4-29(32(38)34-27-14-13-21(2)17-22(27)3)40-26-12-8-11-25(19-26)33-31(37)28(18-23-15-16-39-20-23)35-30(36)24-9-6-5-7-10-24/h5-20,29H,4H2,1-3H3,(H,33,37)(H,34,38)(H,35,36)/b28-18-. The van der Waals surface area contributed by atoms with E-state index in [9.17, 15) is 14.4 Å². The number of thiophene rings is 1. The summed E-state index contributed by atoms with van der Waals surface area (Å²) in [6.07, 6.45) is 2.28. The zero-order valence-corrected chi connectivity index (χ0v) is 24.2. The summed E-state index contributed by atoms with van der Waals surface area (Å²) in [7, 11) is 0. The Morgan fingerprint density at radius 2 is 1.73 bits per heavy atom. The van der Waals surface area contributed by atoms with E-state index in [0.29, 0.717) is 17.7 Å². The number of carbonyl (C=O) groups excluding carboxylic acids is 3. The molecule has 0 saturated carbocycles.